The van der Waals surface area contributed by atoms with Gasteiger partial charge in [0, 0.05) is 16.7 Å². The minimum Gasteiger partial charge on any atom is -0.365 e. The van der Waals surface area contributed by atoms with Crippen LogP contribution in [0.5, 0.6) is 0 Å². The number of H-pyrrole nitrogens is 1. The van der Waals surface area contributed by atoms with Crippen LogP contribution < -0.4 is 16.9 Å². The molecule has 1 atom stereocenters. The van der Waals surface area contributed by atoms with E-state index in [1.54, 1.807) is 0 Å². The zero-order valence-electron chi connectivity index (χ0n) is 16.8. The lowest BCUT2D eigenvalue weighted by molar-refractivity contribution is -0.133. The van der Waals surface area contributed by atoms with Crippen molar-refractivity contribution >= 4 is 11.8 Å². The molecule has 0 bridgehead atoms. The highest BCUT2D eigenvalue weighted by atomic mass is 16.7. The third kappa shape index (κ3) is 3.65. The Balaban J connectivity index is 1.35. The Morgan fingerprint density at radius 2 is 1.87 bits per heavy atom. The van der Waals surface area contributed by atoms with Gasteiger partial charge in [0.2, 0.25) is 5.91 Å². The summed E-state index contributed by atoms with van der Waals surface area (Å²) >= 11 is 0. The highest BCUT2D eigenvalue weighted by Crippen LogP contribution is 2.33. The van der Waals surface area contributed by atoms with Crippen molar-refractivity contribution in [2.24, 2.45) is 10.8 Å². The fourth-order valence-electron chi connectivity index (χ4n) is 4.10. The number of hydrazine groups is 1. The maximum Gasteiger partial charge on any atom is 0.265 e. The summed E-state index contributed by atoms with van der Waals surface area (Å²) in [5, 5.41) is 11.6. The summed E-state index contributed by atoms with van der Waals surface area (Å²) in [5.41, 5.74) is 16.5. The number of amides is 1. The van der Waals surface area contributed by atoms with Crippen LogP contribution in [-0.2, 0) is 22.7 Å². The van der Waals surface area contributed by atoms with Gasteiger partial charge in [0.15, 0.2) is 0 Å². The van der Waals surface area contributed by atoms with Crippen LogP contribution >= 0.6 is 0 Å². The quantitative estimate of drug-likeness (QED) is 0.485. The fourth-order valence-corrected chi connectivity index (χ4v) is 4.10. The van der Waals surface area contributed by atoms with E-state index >= 15 is 0 Å². The molecule has 2 aliphatic heterocycles. The summed E-state index contributed by atoms with van der Waals surface area (Å²) in [6, 6.07) is 17.6. The molecule has 1 amide bonds. The summed E-state index contributed by atoms with van der Waals surface area (Å²) in [7, 11) is 0. The van der Waals surface area contributed by atoms with Gasteiger partial charge in [-0.15, -0.1) is 5.10 Å². The zero-order chi connectivity index (χ0) is 21.2. The van der Waals surface area contributed by atoms with Crippen LogP contribution in [0.4, 0.5) is 0 Å². The maximum absolute atomic E-state index is 13.3. The predicted octanol–water partition coefficient (Wildman–Crippen LogP) is 1.75. The van der Waals surface area contributed by atoms with Crippen molar-refractivity contribution in [1.29, 1.82) is 0 Å². The van der Waals surface area contributed by atoms with Crippen molar-refractivity contribution in [3.05, 3.63) is 77.0 Å². The molecule has 5 N–H and O–H groups in total. The van der Waals surface area contributed by atoms with Crippen molar-refractivity contribution in [2.75, 3.05) is 6.54 Å². The van der Waals surface area contributed by atoms with Gasteiger partial charge >= 0.3 is 0 Å². The van der Waals surface area contributed by atoms with E-state index in [9.17, 15) is 4.79 Å². The van der Waals surface area contributed by atoms with E-state index in [4.69, 9.17) is 10.6 Å². The SMILES string of the molecule is NCCC(C(=O)N1Cc2[nH]nc(-c3ccc(C4=NNNO4)cc3)c2C1)c1ccccc1. The lowest BCUT2D eigenvalue weighted by atomic mass is 9.94. The molecule has 5 rings (SSSR count). The summed E-state index contributed by atoms with van der Waals surface area (Å²) in [6.45, 7) is 1.51. The number of nitrogens with zero attached hydrogens (tertiary/aromatic N) is 3. The Morgan fingerprint density at radius 1 is 1.10 bits per heavy atom. The molecule has 9 nitrogen and oxygen atoms in total. The van der Waals surface area contributed by atoms with Crippen LogP contribution in [0, 0.1) is 0 Å². The number of hydrogen-bond donors (Lipinski definition) is 4. The molecule has 2 aromatic carbocycles. The van der Waals surface area contributed by atoms with Crippen LogP contribution in [0.2, 0.25) is 0 Å². The van der Waals surface area contributed by atoms with E-state index in [-0.39, 0.29) is 11.8 Å². The Kier molecular flexibility index (Phi) is 5.11. The number of aromatic nitrogens is 2. The van der Waals surface area contributed by atoms with Crippen molar-refractivity contribution in [2.45, 2.75) is 25.4 Å². The first-order valence-corrected chi connectivity index (χ1v) is 10.2. The number of aromatic amines is 1. The van der Waals surface area contributed by atoms with Gasteiger partial charge in [-0.05, 0) is 36.3 Å². The number of carbonyl (C=O) groups excluding carboxylic acids is 1. The number of benzene rings is 2. The van der Waals surface area contributed by atoms with Crippen LogP contribution in [0.25, 0.3) is 11.3 Å². The largest absolute Gasteiger partial charge is 0.365 e. The molecule has 0 saturated carbocycles. The van der Waals surface area contributed by atoms with Gasteiger partial charge in [0.1, 0.15) is 0 Å². The van der Waals surface area contributed by atoms with Crippen molar-refractivity contribution in [3.8, 4) is 11.3 Å². The molecule has 158 valence electrons. The lowest BCUT2D eigenvalue weighted by Crippen LogP contribution is -2.32. The molecule has 9 heteroatoms. The fraction of sp³-hybridized carbons (Fsp3) is 0.227. The van der Waals surface area contributed by atoms with Gasteiger partial charge < -0.3 is 15.5 Å². The van der Waals surface area contributed by atoms with Crippen LogP contribution in [0.3, 0.4) is 0 Å². The van der Waals surface area contributed by atoms with Crippen molar-refractivity contribution in [3.63, 3.8) is 0 Å². The third-order valence-corrected chi connectivity index (χ3v) is 5.67. The second-order valence-electron chi connectivity index (χ2n) is 7.57. The second kappa shape index (κ2) is 8.21. The molecular weight excluding hydrogens is 394 g/mol. The number of hydrogen-bond acceptors (Lipinski definition) is 7. The van der Waals surface area contributed by atoms with Gasteiger partial charge in [-0.25, -0.2) is 5.53 Å². The first kappa shape index (κ1) is 19.3. The molecule has 0 fully saturated rings. The van der Waals surface area contributed by atoms with Gasteiger partial charge in [-0.1, -0.05) is 42.5 Å². The van der Waals surface area contributed by atoms with Gasteiger partial charge in [0.25, 0.3) is 5.90 Å². The first-order valence-electron chi connectivity index (χ1n) is 10.2. The van der Waals surface area contributed by atoms with E-state index in [0.29, 0.717) is 32.0 Å². The minimum atomic E-state index is -0.236. The summed E-state index contributed by atoms with van der Waals surface area (Å²) < 4.78 is 0. The van der Waals surface area contributed by atoms with Crippen LogP contribution in [0.15, 0.2) is 59.7 Å². The van der Waals surface area contributed by atoms with E-state index < -0.39 is 0 Å². The molecular formula is C22H23N7O2. The number of hydrazone groups is 1. The Labute approximate surface area is 179 Å². The van der Waals surface area contributed by atoms with Gasteiger partial charge in [-0.2, -0.15) is 5.10 Å². The number of nitrogens with one attached hydrogen (secondary N) is 3. The minimum absolute atomic E-state index is 0.0962. The van der Waals surface area contributed by atoms with E-state index in [0.717, 1.165) is 33.6 Å². The number of nitrogens with two attached hydrogens (primary N) is 1. The predicted molar refractivity (Wildman–Crippen MR) is 115 cm³/mol. The number of rotatable bonds is 6. The average Bonchev–Trinajstić information content (AvgIpc) is 3.55. The monoisotopic (exact) mass is 417 g/mol. The highest BCUT2D eigenvalue weighted by molar-refractivity contribution is 5.94. The molecule has 0 radical (unpaired) electrons. The molecule has 0 saturated heterocycles. The molecule has 1 aromatic heterocycles. The molecule has 3 heterocycles. The summed E-state index contributed by atoms with van der Waals surface area (Å²) in [6.07, 6.45) is 0.621. The molecule has 2 aliphatic rings. The van der Waals surface area contributed by atoms with Crippen molar-refractivity contribution in [1.82, 2.24) is 26.2 Å². The number of carbonyl (C=O) groups is 1. The summed E-state index contributed by atoms with van der Waals surface area (Å²) in [5.74, 6) is 0.335. The highest BCUT2D eigenvalue weighted by Gasteiger charge is 2.32. The Bertz CT molecular complexity index is 1110. The van der Waals surface area contributed by atoms with E-state index in [2.05, 4.69) is 26.4 Å². The van der Waals surface area contributed by atoms with E-state index in [1.165, 1.54) is 0 Å². The topological polar surface area (TPSA) is 121 Å². The normalized spacial score (nSPS) is 15.8. The Hall–Kier alpha value is -3.69. The van der Waals surface area contributed by atoms with Crippen LogP contribution in [-0.4, -0.2) is 33.4 Å². The molecule has 1 unspecified atom stereocenters. The van der Waals surface area contributed by atoms with Gasteiger partial charge in [-0.3, -0.25) is 9.89 Å². The van der Waals surface area contributed by atoms with Crippen molar-refractivity contribution < 1.29 is 9.63 Å². The molecule has 0 aliphatic carbocycles. The smallest absolute Gasteiger partial charge is 0.265 e. The summed E-state index contributed by atoms with van der Waals surface area (Å²) in [4.78, 5) is 20.4. The standard InChI is InChI=1S/C22H23N7O2/c23-11-10-17(14-4-2-1-3-5-14)22(30)29-12-18-19(13-29)24-25-20(18)15-6-8-16(9-7-15)21-26-27-28-31-21/h1-9,17,27-28H,10-13,23H2,(H,24,25). The zero-order valence-corrected chi connectivity index (χ0v) is 16.8. The molecule has 0 spiro atoms. The van der Waals surface area contributed by atoms with Gasteiger partial charge in [0.05, 0.1) is 30.4 Å². The average molecular weight is 417 g/mol. The first-order chi connectivity index (χ1) is 15.2. The third-order valence-electron chi connectivity index (χ3n) is 5.67. The molecule has 31 heavy (non-hydrogen) atoms. The lowest BCUT2D eigenvalue weighted by Gasteiger charge is -2.23. The molecule has 3 aromatic rings. The number of fused-ring (bicyclic) bond motifs is 1. The van der Waals surface area contributed by atoms with E-state index in [1.807, 2.05) is 59.5 Å². The second-order valence-corrected chi connectivity index (χ2v) is 7.57. The Morgan fingerprint density at radius 3 is 2.58 bits per heavy atom. The maximum atomic E-state index is 13.3. The van der Waals surface area contributed by atoms with Crippen LogP contribution in [0.1, 0.15) is 34.7 Å².